The molecule has 0 radical (unpaired) electrons. The van der Waals surface area contributed by atoms with Gasteiger partial charge in [0.15, 0.2) is 5.16 Å². The number of aromatic nitrogens is 2. The molecule has 1 saturated heterocycles. The fourth-order valence-corrected chi connectivity index (χ4v) is 5.88. The van der Waals surface area contributed by atoms with Crippen LogP contribution in [0.25, 0.3) is 11.0 Å². The van der Waals surface area contributed by atoms with Gasteiger partial charge in [-0.1, -0.05) is 36.0 Å². The molecular weight excluding hydrogens is 448 g/mol. The van der Waals surface area contributed by atoms with Gasteiger partial charge in [-0.3, -0.25) is 4.79 Å². The molecule has 1 aliphatic heterocycles. The van der Waals surface area contributed by atoms with Gasteiger partial charge in [0, 0.05) is 26.2 Å². The molecule has 1 aromatic heterocycles. The van der Waals surface area contributed by atoms with Crippen molar-refractivity contribution in [1.82, 2.24) is 19.2 Å². The summed E-state index contributed by atoms with van der Waals surface area (Å²) >= 11 is 1.41. The lowest BCUT2D eigenvalue weighted by atomic mass is 10.2. The minimum atomic E-state index is -3.51. The van der Waals surface area contributed by atoms with Crippen LogP contribution in [0.5, 0.6) is 0 Å². The van der Waals surface area contributed by atoms with Crippen molar-refractivity contribution in [2.75, 3.05) is 32.1 Å². The number of ether oxygens (including phenoxy) is 1. The maximum atomic E-state index is 12.7. The third kappa shape index (κ3) is 4.98. The van der Waals surface area contributed by atoms with E-state index in [-0.39, 0.29) is 16.6 Å². The van der Waals surface area contributed by atoms with Crippen molar-refractivity contribution in [3.63, 3.8) is 0 Å². The number of nitrogens with one attached hydrogen (secondary N) is 1. The number of rotatable bonds is 8. The topological polar surface area (TPSA) is 93.5 Å². The van der Waals surface area contributed by atoms with Crippen molar-refractivity contribution in [2.45, 2.75) is 30.1 Å². The zero-order valence-electron chi connectivity index (χ0n) is 17.9. The molecule has 0 unspecified atom stereocenters. The number of carbonyl (C=O) groups is 1. The number of benzene rings is 2. The molecule has 0 aliphatic carbocycles. The predicted octanol–water partition coefficient (Wildman–Crippen LogP) is 2.49. The Balaban J connectivity index is 1.32. The molecule has 3 aromatic rings. The summed E-state index contributed by atoms with van der Waals surface area (Å²) in [6.07, 6.45) is 0. The van der Waals surface area contributed by atoms with Crippen LogP contribution >= 0.6 is 11.8 Å². The first-order chi connectivity index (χ1) is 15.5. The number of amides is 1. The second-order valence-corrected chi connectivity index (χ2v) is 10.2. The Morgan fingerprint density at radius 3 is 2.56 bits per heavy atom. The van der Waals surface area contributed by atoms with Gasteiger partial charge >= 0.3 is 0 Å². The molecule has 2 aromatic carbocycles. The highest BCUT2D eigenvalue weighted by Crippen LogP contribution is 2.24. The van der Waals surface area contributed by atoms with E-state index in [0.717, 1.165) is 28.3 Å². The number of para-hydroxylation sites is 2. The van der Waals surface area contributed by atoms with Crippen LogP contribution in [0.15, 0.2) is 58.6 Å². The number of hydrogen-bond acceptors (Lipinski definition) is 6. The Morgan fingerprint density at radius 1 is 1.12 bits per heavy atom. The van der Waals surface area contributed by atoms with E-state index in [1.807, 2.05) is 24.3 Å². The minimum absolute atomic E-state index is 0.102. The zero-order valence-corrected chi connectivity index (χ0v) is 19.5. The summed E-state index contributed by atoms with van der Waals surface area (Å²) in [5.74, 6) is 0.155. The lowest BCUT2D eigenvalue weighted by molar-refractivity contribution is -0.118. The van der Waals surface area contributed by atoms with Gasteiger partial charge in [-0.05, 0) is 36.8 Å². The molecule has 1 amide bonds. The van der Waals surface area contributed by atoms with E-state index < -0.39 is 10.0 Å². The Morgan fingerprint density at radius 2 is 1.84 bits per heavy atom. The smallest absolute Gasteiger partial charge is 0.243 e. The first kappa shape index (κ1) is 22.8. The van der Waals surface area contributed by atoms with Crippen LogP contribution < -0.4 is 5.32 Å². The highest BCUT2D eigenvalue weighted by Gasteiger charge is 2.26. The number of aryl methyl sites for hydroxylation is 1. The molecule has 8 nitrogen and oxygen atoms in total. The number of morpholine rings is 1. The molecule has 0 saturated carbocycles. The summed E-state index contributed by atoms with van der Waals surface area (Å²) in [7, 11) is -3.51. The van der Waals surface area contributed by atoms with Crippen molar-refractivity contribution < 1.29 is 17.9 Å². The third-order valence-corrected chi connectivity index (χ3v) is 8.18. The number of nitrogens with zero attached hydrogens (tertiary/aromatic N) is 3. The first-order valence-corrected chi connectivity index (χ1v) is 12.9. The zero-order chi connectivity index (χ0) is 22.6. The maximum Gasteiger partial charge on any atom is 0.243 e. The van der Waals surface area contributed by atoms with Crippen molar-refractivity contribution in [3.8, 4) is 0 Å². The Hall–Kier alpha value is -2.40. The summed E-state index contributed by atoms with van der Waals surface area (Å²) in [6.45, 7) is 4.73. The van der Waals surface area contributed by atoms with Crippen LogP contribution in [0.2, 0.25) is 0 Å². The SMILES string of the molecule is CCn1c(SCC(=O)NCc2ccc(S(=O)(=O)N3CCOCC3)cc2)nc2ccccc21. The van der Waals surface area contributed by atoms with E-state index in [9.17, 15) is 13.2 Å². The van der Waals surface area contributed by atoms with Crippen LogP contribution in [0, 0.1) is 0 Å². The van der Waals surface area contributed by atoms with E-state index >= 15 is 0 Å². The monoisotopic (exact) mass is 474 g/mol. The Labute approximate surface area is 192 Å². The van der Waals surface area contributed by atoms with E-state index in [4.69, 9.17) is 4.74 Å². The van der Waals surface area contributed by atoms with Gasteiger partial charge in [-0.25, -0.2) is 13.4 Å². The third-order valence-electron chi connectivity index (χ3n) is 5.29. The van der Waals surface area contributed by atoms with Crippen molar-refractivity contribution in [1.29, 1.82) is 0 Å². The quantitative estimate of drug-likeness (QED) is 0.504. The van der Waals surface area contributed by atoms with Gasteiger partial charge in [-0.15, -0.1) is 0 Å². The lowest BCUT2D eigenvalue weighted by Crippen LogP contribution is -2.40. The molecule has 2 heterocycles. The molecule has 32 heavy (non-hydrogen) atoms. The number of sulfonamides is 1. The van der Waals surface area contributed by atoms with Gasteiger partial charge in [0.05, 0.1) is 34.9 Å². The van der Waals surface area contributed by atoms with Crippen molar-refractivity contribution in [2.24, 2.45) is 0 Å². The molecule has 0 spiro atoms. The first-order valence-electron chi connectivity index (χ1n) is 10.5. The summed E-state index contributed by atoms with van der Waals surface area (Å²) in [5, 5.41) is 3.71. The molecule has 0 atom stereocenters. The predicted molar refractivity (Wildman–Crippen MR) is 124 cm³/mol. The van der Waals surface area contributed by atoms with Gasteiger partial charge < -0.3 is 14.6 Å². The van der Waals surface area contributed by atoms with Gasteiger partial charge in [0.25, 0.3) is 0 Å². The van der Waals surface area contributed by atoms with E-state index in [2.05, 4.69) is 21.8 Å². The van der Waals surface area contributed by atoms with Gasteiger partial charge in [0.1, 0.15) is 0 Å². The molecule has 4 rings (SSSR count). The highest BCUT2D eigenvalue weighted by atomic mass is 32.2. The van der Waals surface area contributed by atoms with E-state index in [1.165, 1.54) is 16.1 Å². The van der Waals surface area contributed by atoms with Gasteiger partial charge in [-0.2, -0.15) is 4.31 Å². The van der Waals surface area contributed by atoms with Gasteiger partial charge in [0.2, 0.25) is 15.9 Å². The van der Waals surface area contributed by atoms with Crippen molar-refractivity contribution in [3.05, 3.63) is 54.1 Å². The summed E-state index contributed by atoms with van der Waals surface area (Å²) < 4.78 is 34.1. The average Bonchev–Trinajstić information content (AvgIpc) is 3.19. The van der Waals surface area contributed by atoms with Crippen LogP contribution in [-0.4, -0.2) is 60.2 Å². The number of thioether (sulfide) groups is 1. The maximum absolute atomic E-state index is 12.7. The molecular formula is C22H26N4O4S2. The largest absolute Gasteiger partial charge is 0.379 e. The summed E-state index contributed by atoms with van der Waals surface area (Å²) in [5.41, 5.74) is 2.82. The molecule has 0 bridgehead atoms. The second kappa shape index (κ2) is 10.0. The van der Waals surface area contributed by atoms with Crippen molar-refractivity contribution >= 4 is 38.7 Å². The lowest BCUT2D eigenvalue weighted by Gasteiger charge is -2.26. The molecule has 1 fully saturated rings. The fourth-order valence-electron chi connectivity index (χ4n) is 3.57. The van der Waals surface area contributed by atoms with E-state index in [1.54, 1.807) is 24.3 Å². The number of carbonyl (C=O) groups excluding carboxylic acids is 1. The Bertz CT molecular complexity index is 1190. The van der Waals surface area contributed by atoms with Crippen LogP contribution in [0.4, 0.5) is 0 Å². The summed E-state index contributed by atoms with van der Waals surface area (Å²) in [4.78, 5) is 17.2. The standard InChI is InChI=1S/C22H26N4O4S2/c1-2-26-20-6-4-3-5-19(20)24-22(26)31-16-21(27)23-15-17-7-9-18(10-8-17)32(28,29)25-11-13-30-14-12-25/h3-10H,2,11-16H2,1H3,(H,23,27). The van der Waals surface area contributed by atoms with Crippen LogP contribution in [0.1, 0.15) is 12.5 Å². The molecule has 1 aliphatic rings. The van der Waals surface area contributed by atoms with Crippen LogP contribution in [0.3, 0.4) is 0 Å². The highest BCUT2D eigenvalue weighted by molar-refractivity contribution is 7.99. The molecule has 10 heteroatoms. The molecule has 170 valence electrons. The number of imidazole rings is 1. The van der Waals surface area contributed by atoms with Crippen LogP contribution in [-0.2, 0) is 32.6 Å². The average molecular weight is 475 g/mol. The molecule has 1 N–H and O–H groups in total. The summed E-state index contributed by atoms with van der Waals surface area (Å²) in [6, 6.07) is 14.6. The number of fused-ring (bicyclic) bond motifs is 1. The second-order valence-electron chi connectivity index (χ2n) is 7.35. The Kier molecular flexibility index (Phi) is 7.14. The fraction of sp³-hybridized carbons (Fsp3) is 0.364. The normalized spacial score (nSPS) is 15.2. The minimum Gasteiger partial charge on any atom is -0.379 e. The number of hydrogen-bond donors (Lipinski definition) is 1. The van der Waals surface area contributed by atoms with E-state index in [0.29, 0.717) is 32.8 Å².